The lowest BCUT2D eigenvalue weighted by atomic mass is 10.1. The number of aromatic nitrogens is 1. The standard InChI is InChI=1S/C25H23N3O4/c1-16(29)28-22-6-4-3-5-20(22)24(30)23(28)15-19-14-18-13-17(7-8-21(18)26(19)2)25(31)27-9-11-32-12-10-27/h3-8,13-15H,9-12H2,1-2H3/b23-15-. The van der Waals surface area contributed by atoms with Crippen LogP contribution in [0.4, 0.5) is 5.69 Å². The van der Waals surface area contributed by atoms with Crippen molar-refractivity contribution in [2.75, 3.05) is 31.2 Å². The zero-order chi connectivity index (χ0) is 22.4. The van der Waals surface area contributed by atoms with Gasteiger partial charge in [-0.15, -0.1) is 0 Å². The number of aryl methyl sites for hydroxylation is 1. The third-order valence-corrected chi connectivity index (χ3v) is 6.09. The lowest BCUT2D eigenvalue weighted by molar-refractivity contribution is -0.116. The molecule has 7 nitrogen and oxygen atoms in total. The normalized spacial score (nSPS) is 17.3. The minimum atomic E-state index is -0.216. The number of para-hydroxylation sites is 1. The van der Waals surface area contributed by atoms with Gasteiger partial charge < -0.3 is 14.2 Å². The van der Waals surface area contributed by atoms with Crippen molar-refractivity contribution in [3.63, 3.8) is 0 Å². The quantitative estimate of drug-likeness (QED) is 0.587. The SMILES string of the molecule is CC(=O)N1/C(=C\c2cc3cc(C(=O)N4CCOCC4)ccc3n2C)C(=O)c2ccccc21. The van der Waals surface area contributed by atoms with Crippen molar-refractivity contribution in [2.24, 2.45) is 7.05 Å². The molecule has 0 unspecified atom stereocenters. The van der Waals surface area contributed by atoms with Gasteiger partial charge in [0.15, 0.2) is 0 Å². The first-order valence-electron chi connectivity index (χ1n) is 10.6. The number of ketones is 1. The van der Waals surface area contributed by atoms with Crippen molar-refractivity contribution in [2.45, 2.75) is 6.92 Å². The van der Waals surface area contributed by atoms with E-state index < -0.39 is 0 Å². The van der Waals surface area contributed by atoms with Gasteiger partial charge in [-0.05, 0) is 42.5 Å². The van der Waals surface area contributed by atoms with Crippen LogP contribution >= 0.6 is 0 Å². The predicted octanol–water partition coefficient (Wildman–Crippen LogP) is 3.24. The Bertz CT molecular complexity index is 1300. The number of morpholine rings is 1. The average molecular weight is 429 g/mol. The Hall–Kier alpha value is -3.71. The third kappa shape index (κ3) is 3.22. The molecule has 1 fully saturated rings. The molecule has 0 bridgehead atoms. The highest BCUT2D eigenvalue weighted by Crippen LogP contribution is 2.36. The molecule has 5 rings (SSSR count). The monoisotopic (exact) mass is 429 g/mol. The van der Waals surface area contributed by atoms with Crippen LogP contribution in [0, 0.1) is 0 Å². The van der Waals surface area contributed by atoms with Crippen molar-refractivity contribution >= 4 is 40.3 Å². The fourth-order valence-electron chi connectivity index (χ4n) is 4.43. The third-order valence-electron chi connectivity index (χ3n) is 6.09. The number of allylic oxidation sites excluding steroid dienone is 1. The molecule has 0 atom stereocenters. The number of hydrogen-bond acceptors (Lipinski definition) is 4. The van der Waals surface area contributed by atoms with Gasteiger partial charge >= 0.3 is 0 Å². The summed E-state index contributed by atoms with van der Waals surface area (Å²) in [5, 5.41) is 0.899. The van der Waals surface area contributed by atoms with Crippen LogP contribution < -0.4 is 4.90 Å². The van der Waals surface area contributed by atoms with E-state index in [4.69, 9.17) is 4.74 Å². The van der Waals surface area contributed by atoms with Gasteiger partial charge in [0.2, 0.25) is 11.7 Å². The molecular formula is C25H23N3O4. The van der Waals surface area contributed by atoms with E-state index >= 15 is 0 Å². The number of fused-ring (bicyclic) bond motifs is 2. The van der Waals surface area contributed by atoms with Gasteiger partial charge in [0.25, 0.3) is 5.91 Å². The van der Waals surface area contributed by atoms with Crippen LogP contribution in [-0.2, 0) is 16.6 Å². The molecule has 3 aromatic rings. The minimum absolute atomic E-state index is 0.0110. The highest BCUT2D eigenvalue weighted by molar-refractivity contribution is 6.26. The lowest BCUT2D eigenvalue weighted by Gasteiger charge is -2.26. The van der Waals surface area contributed by atoms with E-state index in [-0.39, 0.29) is 17.6 Å². The van der Waals surface area contributed by atoms with Gasteiger partial charge in [-0.1, -0.05) is 12.1 Å². The van der Waals surface area contributed by atoms with Crippen LogP contribution in [0.25, 0.3) is 17.0 Å². The van der Waals surface area contributed by atoms with Gasteiger partial charge in [0.05, 0.1) is 24.6 Å². The summed E-state index contributed by atoms with van der Waals surface area (Å²) in [5.41, 5.74) is 3.79. The first-order chi connectivity index (χ1) is 15.5. The number of anilines is 1. The number of carbonyl (C=O) groups is 3. The number of benzene rings is 2. The molecule has 3 heterocycles. The Balaban J connectivity index is 1.54. The fourth-order valence-corrected chi connectivity index (χ4v) is 4.43. The van der Waals surface area contributed by atoms with Crippen LogP contribution in [0.15, 0.2) is 54.2 Å². The number of rotatable bonds is 2. The molecule has 0 spiro atoms. The highest BCUT2D eigenvalue weighted by Gasteiger charge is 2.34. The number of hydrogen-bond donors (Lipinski definition) is 0. The lowest BCUT2D eigenvalue weighted by Crippen LogP contribution is -2.40. The molecule has 162 valence electrons. The zero-order valence-electron chi connectivity index (χ0n) is 18.0. The number of carbonyl (C=O) groups excluding carboxylic acids is 3. The smallest absolute Gasteiger partial charge is 0.254 e. The molecule has 0 N–H and O–H groups in total. The summed E-state index contributed by atoms with van der Waals surface area (Å²) in [6.07, 6.45) is 1.74. The number of Topliss-reactive ketones (excluding diaryl/α,β-unsaturated/α-hetero) is 1. The summed E-state index contributed by atoms with van der Waals surface area (Å²) in [6.45, 7) is 3.74. The van der Waals surface area contributed by atoms with E-state index in [2.05, 4.69) is 0 Å². The molecule has 2 aliphatic heterocycles. The van der Waals surface area contributed by atoms with Crippen molar-refractivity contribution in [1.29, 1.82) is 0 Å². The molecule has 2 aromatic carbocycles. The molecular weight excluding hydrogens is 406 g/mol. The molecule has 1 aromatic heterocycles. The van der Waals surface area contributed by atoms with E-state index in [0.717, 1.165) is 16.6 Å². The summed E-state index contributed by atoms with van der Waals surface area (Å²) < 4.78 is 7.29. The van der Waals surface area contributed by atoms with Crippen LogP contribution in [0.1, 0.15) is 33.3 Å². The molecule has 7 heteroatoms. The number of amides is 2. The van der Waals surface area contributed by atoms with Crippen molar-refractivity contribution in [1.82, 2.24) is 9.47 Å². The Kier molecular flexibility index (Phi) is 4.90. The van der Waals surface area contributed by atoms with E-state index in [0.29, 0.717) is 48.8 Å². The molecule has 0 aliphatic carbocycles. The van der Waals surface area contributed by atoms with Crippen molar-refractivity contribution < 1.29 is 19.1 Å². The van der Waals surface area contributed by atoms with Gasteiger partial charge in [-0.2, -0.15) is 0 Å². The van der Waals surface area contributed by atoms with Gasteiger partial charge in [0.1, 0.15) is 0 Å². The minimum Gasteiger partial charge on any atom is -0.378 e. The second-order valence-electron chi connectivity index (χ2n) is 8.04. The summed E-state index contributed by atoms with van der Waals surface area (Å²) in [5.74, 6) is -0.404. The summed E-state index contributed by atoms with van der Waals surface area (Å²) >= 11 is 0. The second kappa shape index (κ2) is 7.76. The van der Waals surface area contributed by atoms with Crippen molar-refractivity contribution in [3.05, 3.63) is 71.0 Å². The van der Waals surface area contributed by atoms with Gasteiger partial charge in [0, 0.05) is 54.8 Å². The van der Waals surface area contributed by atoms with Crippen molar-refractivity contribution in [3.8, 4) is 0 Å². The maximum Gasteiger partial charge on any atom is 0.254 e. The van der Waals surface area contributed by atoms with Crippen LogP contribution in [-0.4, -0.2) is 53.4 Å². The maximum atomic E-state index is 13.0. The molecule has 2 aliphatic rings. The second-order valence-corrected chi connectivity index (χ2v) is 8.04. The van der Waals surface area contributed by atoms with Crippen LogP contribution in [0.5, 0.6) is 0 Å². The first kappa shape index (κ1) is 20.2. The van der Waals surface area contributed by atoms with Crippen LogP contribution in [0.2, 0.25) is 0 Å². The largest absolute Gasteiger partial charge is 0.378 e. The highest BCUT2D eigenvalue weighted by atomic mass is 16.5. The number of ether oxygens (including phenoxy) is 1. The van der Waals surface area contributed by atoms with Gasteiger partial charge in [-0.25, -0.2) is 0 Å². The average Bonchev–Trinajstić information content (AvgIpc) is 3.27. The maximum absolute atomic E-state index is 13.0. The predicted molar refractivity (Wildman–Crippen MR) is 122 cm³/mol. The Labute approximate surface area is 185 Å². The molecule has 2 amide bonds. The van der Waals surface area contributed by atoms with Gasteiger partial charge in [-0.3, -0.25) is 19.3 Å². The zero-order valence-corrected chi connectivity index (χ0v) is 18.0. The molecule has 0 radical (unpaired) electrons. The summed E-state index contributed by atoms with van der Waals surface area (Å²) in [4.78, 5) is 41.5. The first-order valence-corrected chi connectivity index (χ1v) is 10.6. The fraction of sp³-hybridized carbons (Fsp3) is 0.240. The van der Waals surface area contributed by atoms with Crippen LogP contribution in [0.3, 0.4) is 0 Å². The Morgan fingerprint density at radius 3 is 2.53 bits per heavy atom. The molecule has 32 heavy (non-hydrogen) atoms. The Morgan fingerprint density at radius 2 is 1.78 bits per heavy atom. The molecule has 0 saturated carbocycles. The topological polar surface area (TPSA) is 71.9 Å². The number of nitrogens with zero attached hydrogens (tertiary/aromatic N) is 3. The summed E-state index contributed by atoms with van der Waals surface area (Å²) in [7, 11) is 1.91. The van der Waals surface area contributed by atoms with E-state index in [1.807, 2.05) is 41.9 Å². The summed E-state index contributed by atoms with van der Waals surface area (Å²) in [6, 6.07) is 14.7. The Morgan fingerprint density at radius 1 is 1.03 bits per heavy atom. The van der Waals surface area contributed by atoms with E-state index in [1.54, 1.807) is 29.2 Å². The van der Waals surface area contributed by atoms with E-state index in [9.17, 15) is 14.4 Å². The molecule has 1 saturated heterocycles. The van der Waals surface area contributed by atoms with E-state index in [1.165, 1.54) is 11.8 Å².